The van der Waals surface area contributed by atoms with E-state index in [1.54, 1.807) is 18.2 Å². The van der Waals surface area contributed by atoms with Crippen molar-refractivity contribution in [3.63, 3.8) is 0 Å². The molecule has 0 saturated heterocycles. The Morgan fingerprint density at radius 1 is 1.09 bits per heavy atom. The highest BCUT2D eigenvalue weighted by molar-refractivity contribution is 14.1. The van der Waals surface area contributed by atoms with E-state index < -0.39 is 0 Å². The molecule has 0 heterocycles. The van der Waals surface area contributed by atoms with Crippen LogP contribution < -0.4 is 14.8 Å². The lowest BCUT2D eigenvalue weighted by molar-refractivity contribution is -0.120. The third kappa shape index (κ3) is 7.74. The lowest BCUT2D eigenvalue weighted by atomic mass is 10.2. The number of hydrogen-bond acceptors (Lipinski definition) is 5. The Morgan fingerprint density at radius 2 is 1.82 bits per heavy atom. The number of hydrogen-bond donors (Lipinski definition) is 1. The van der Waals surface area contributed by atoms with Crippen molar-refractivity contribution in [1.29, 1.82) is 0 Å². The molecule has 1 N–H and O–H groups in total. The number of benzene rings is 3. The molecule has 0 atom stereocenters. The van der Waals surface area contributed by atoms with Crippen molar-refractivity contribution in [3.8, 4) is 11.5 Å². The van der Waals surface area contributed by atoms with Gasteiger partial charge in [-0.15, -0.1) is 0 Å². The van der Waals surface area contributed by atoms with Crippen molar-refractivity contribution in [2.24, 2.45) is 5.16 Å². The lowest BCUT2D eigenvalue weighted by Crippen LogP contribution is -2.16. The first-order valence-corrected chi connectivity index (χ1v) is 11.4. The Kier molecular flexibility index (Phi) is 9.05. The highest BCUT2D eigenvalue weighted by Crippen LogP contribution is 2.34. The number of rotatable bonds is 10. The summed E-state index contributed by atoms with van der Waals surface area (Å²) in [5.41, 5.74) is 3.39. The first kappa shape index (κ1) is 24.5. The second-order valence-electron chi connectivity index (χ2n) is 7.10. The van der Waals surface area contributed by atoms with Crippen LogP contribution in [-0.2, 0) is 16.2 Å². The second-order valence-corrected chi connectivity index (χ2v) is 8.26. The number of aryl methyl sites for hydroxylation is 1. The minimum absolute atomic E-state index is 0.210. The van der Waals surface area contributed by atoms with Gasteiger partial charge in [-0.2, -0.15) is 0 Å². The molecule has 0 fully saturated rings. The first-order chi connectivity index (χ1) is 15.9. The van der Waals surface area contributed by atoms with Crippen LogP contribution in [0.3, 0.4) is 0 Å². The number of amides is 1. The summed E-state index contributed by atoms with van der Waals surface area (Å²) in [5.74, 6) is 0.564. The molecular weight excluding hydrogens is 538 g/mol. The fourth-order valence-corrected chi connectivity index (χ4v) is 3.61. The molecule has 172 valence electrons. The van der Waals surface area contributed by atoms with Gasteiger partial charge in [-0.05, 0) is 78.4 Å². The molecule has 0 aliphatic carbocycles. The van der Waals surface area contributed by atoms with Gasteiger partial charge in [0.2, 0.25) is 0 Å². The number of carbonyl (C=O) groups excluding carboxylic acids is 1. The largest absolute Gasteiger partial charge is 0.490 e. The van der Waals surface area contributed by atoms with Crippen molar-refractivity contribution < 1.29 is 23.5 Å². The summed E-state index contributed by atoms with van der Waals surface area (Å²) in [7, 11) is 0. The van der Waals surface area contributed by atoms with Crippen molar-refractivity contribution in [3.05, 3.63) is 86.7 Å². The highest BCUT2D eigenvalue weighted by Gasteiger charge is 2.12. The number of carbonyl (C=O) groups is 1. The van der Waals surface area contributed by atoms with Crippen molar-refractivity contribution in [2.75, 3.05) is 18.5 Å². The van der Waals surface area contributed by atoms with Gasteiger partial charge >= 0.3 is 0 Å². The minimum atomic E-state index is -0.301. The zero-order valence-electron chi connectivity index (χ0n) is 18.3. The van der Waals surface area contributed by atoms with Gasteiger partial charge in [-0.25, -0.2) is 4.39 Å². The molecule has 0 spiro atoms. The summed E-state index contributed by atoms with van der Waals surface area (Å²) in [6.07, 6.45) is 1.51. The topological polar surface area (TPSA) is 69.2 Å². The molecule has 1 amide bonds. The van der Waals surface area contributed by atoms with Gasteiger partial charge in [0.15, 0.2) is 18.1 Å². The van der Waals surface area contributed by atoms with Gasteiger partial charge in [0, 0.05) is 11.3 Å². The van der Waals surface area contributed by atoms with E-state index in [4.69, 9.17) is 14.3 Å². The maximum atomic E-state index is 13.1. The minimum Gasteiger partial charge on any atom is -0.490 e. The average molecular weight is 562 g/mol. The van der Waals surface area contributed by atoms with Crippen LogP contribution in [0, 0.1) is 16.3 Å². The van der Waals surface area contributed by atoms with Gasteiger partial charge < -0.3 is 19.6 Å². The van der Waals surface area contributed by atoms with Crippen LogP contribution in [0.4, 0.5) is 10.1 Å². The summed E-state index contributed by atoms with van der Waals surface area (Å²) in [5, 5.41) is 6.63. The first-order valence-electron chi connectivity index (χ1n) is 10.3. The number of nitrogens with one attached hydrogen (secondary N) is 1. The SMILES string of the molecule is CCOc1cc(/C=N/OCC(=O)Nc2ccc(C)cc2)cc(I)c1OCc1ccc(F)cc1. The molecule has 3 aromatic rings. The van der Waals surface area contributed by atoms with Crippen LogP contribution in [0.2, 0.25) is 0 Å². The average Bonchev–Trinajstić information content (AvgIpc) is 2.79. The number of anilines is 1. The van der Waals surface area contributed by atoms with Crippen LogP contribution in [-0.4, -0.2) is 25.3 Å². The fraction of sp³-hybridized carbons (Fsp3) is 0.200. The monoisotopic (exact) mass is 562 g/mol. The van der Waals surface area contributed by atoms with Gasteiger partial charge in [-0.1, -0.05) is 35.0 Å². The van der Waals surface area contributed by atoms with E-state index >= 15 is 0 Å². The number of ether oxygens (including phenoxy) is 2. The van der Waals surface area contributed by atoms with Gasteiger partial charge in [0.25, 0.3) is 5.91 Å². The zero-order chi connectivity index (χ0) is 23.6. The van der Waals surface area contributed by atoms with Crippen molar-refractivity contribution in [2.45, 2.75) is 20.5 Å². The smallest absolute Gasteiger partial charge is 0.265 e. The Morgan fingerprint density at radius 3 is 2.52 bits per heavy atom. The van der Waals surface area contributed by atoms with E-state index in [1.807, 2.05) is 44.2 Å². The molecular formula is C25H24FIN2O4. The molecule has 0 unspecified atom stereocenters. The van der Waals surface area contributed by atoms with Crippen LogP contribution in [0.25, 0.3) is 0 Å². The molecule has 0 radical (unpaired) electrons. The molecule has 6 nitrogen and oxygen atoms in total. The number of halogens is 2. The summed E-state index contributed by atoms with van der Waals surface area (Å²) in [4.78, 5) is 17.1. The summed E-state index contributed by atoms with van der Waals surface area (Å²) in [6.45, 7) is 4.39. The standard InChI is InChI=1S/C25H24FIN2O4/c1-3-31-23-13-19(12-22(27)25(23)32-15-18-6-8-20(26)9-7-18)14-28-33-16-24(30)29-21-10-4-17(2)5-11-21/h4-14H,3,15-16H2,1-2H3,(H,29,30)/b28-14+. The predicted octanol–water partition coefficient (Wildman–Crippen LogP) is 5.71. The molecule has 0 aliphatic heterocycles. The number of oxime groups is 1. The lowest BCUT2D eigenvalue weighted by Gasteiger charge is -2.14. The highest BCUT2D eigenvalue weighted by atomic mass is 127. The molecule has 3 aromatic carbocycles. The molecule has 33 heavy (non-hydrogen) atoms. The van der Waals surface area contributed by atoms with Gasteiger partial charge in [0.05, 0.1) is 16.4 Å². The zero-order valence-corrected chi connectivity index (χ0v) is 20.5. The normalized spacial score (nSPS) is 10.8. The van der Waals surface area contributed by atoms with E-state index in [1.165, 1.54) is 18.3 Å². The van der Waals surface area contributed by atoms with E-state index in [0.717, 1.165) is 20.3 Å². The molecule has 0 saturated carbocycles. The van der Waals surface area contributed by atoms with Crippen molar-refractivity contribution >= 4 is 40.4 Å². The maximum absolute atomic E-state index is 13.1. The van der Waals surface area contributed by atoms with Crippen LogP contribution in [0.15, 0.2) is 65.8 Å². The van der Waals surface area contributed by atoms with E-state index in [-0.39, 0.29) is 24.9 Å². The Hall–Kier alpha value is -3.14. The van der Waals surface area contributed by atoms with Gasteiger partial charge in [-0.3, -0.25) is 4.79 Å². The quantitative estimate of drug-likeness (QED) is 0.196. The summed E-state index contributed by atoms with van der Waals surface area (Å²) < 4.78 is 25.6. The van der Waals surface area contributed by atoms with E-state index in [2.05, 4.69) is 33.1 Å². The fourth-order valence-electron chi connectivity index (χ4n) is 2.83. The molecule has 0 aromatic heterocycles. The second kappa shape index (κ2) is 12.2. The Balaban J connectivity index is 1.59. The molecule has 0 aliphatic rings. The third-order valence-electron chi connectivity index (χ3n) is 4.44. The third-order valence-corrected chi connectivity index (χ3v) is 5.24. The molecule has 8 heteroatoms. The van der Waals surface area contributed by atoms with Crippen molar-refractivity contribution in [1.82, 2.24) is 0 Å². The van der Waals surface area contributed by atoms with Crippen LogP contribution >= 0.6 is 22.6 Å². The Bertz CT molecular complexity index is 1100. The van der Waals surface area contributed by atoms with Crippen LogP contribution in [0.5, 0.6) is 11.5 Å². The maximum Gasteiger partial charge on any atom is 0.265 e. The molecule has 3 rings (SSSR count). The van der Waals surface area contributed by atoms with E-state index in [0.29, 0.717) is 23.8 Å². The Labute approximate surface area is 205 Å². The number of nitrogens with zero attached hydrogens (tertiary/aromatic N) is 1. The predicted molar refractivity (Wildman–Crippen MR) is 134 cm³/mol. The summed E-state index contributed by atoms with van der Waals surface area (Å²) in [6, 6.07) is 17.3. The van der Waals surface area contributed by atoms with Crippen LogP contribution in [0.1, 0.15) is 23.6 Å². The molecule has 0 bridgehead atoms. The summed E-state index contributed by atoms with van der Waals surface area (Å²) >= 11 is 2.15. The van der Waals surface area contributed by atoms with E-state index in [9.17, 15) is 9.18 Å². The van der Waals surface area contributed by atoms with Gasteiger partial charge in [0.1, 0.15) is 12.4 Å².